The van der Waals surface area contributed by atoms with Crippen LogP contribution in [0.1, 0.15) is 0 Å². The Morgan fingerprint density at radius 3 is 2.48 bits per heavy atom. The van der Waals surface area contributed by atoms with Gasteiger partial charge >= 0.3 is 0 Å². The van der Waals surface area contributed by atoms with Crippen molar-refractivity contribution in [2.45, 2.75) is 4.90 Å². The van der Waals surface area contributed by atoms with Crippen LogP contribution in [0, 0.1) is 5.82 Å². The van der Waals surface area contributed by atoms with Crippen LogP contribution in [0.25, 0.3) is 0 Å². The number of amides is 1. The van der Waals surface area contributed by atoms with Gasteiger partial charge in [-0.05, 0) is 36.4 Å². The number of rotatable bonds is 5. The van der Waals surface area contributed by atoms with Crippen LogP contribution in [-0.4, -0.2) is 25.8 Å². The largest absolute Gasteiger partial charge is 0.376 e. The average molecular weight is 304 g/mol. The lowest BCUT2D eigenvalue weighted by atomic mass is 10.2. The zero-order valence-electron chi connectivity index (χ0n) is 12.0. The summed E-state index contributed by atoms with van der Waals surface area (Å²) in [6.45, 7) is 0. The number of nitrogens with zero attached hydrogens (tertiary/aromatic N) is 1. The number of hydrogen-bond donors (Lipinski definition) is 1. The molecule has 2 rings (SSSR count). The van der Waals surface area contributed by atoms with Gasteiger partial charge in [0.1, 0.15) is 5.82 Å². The molecule has 0 unspecified atom stereocenters. The van der Waals surface area contributed by atoms with Crippen LogP contribution in [0.3, 0.4) is 0 Å². The van der Waals surface area contributed by atoms with Crippen molar-refractivity contribution in [3.63, 3.8) is 0 Å². The Bertz CT molecular complexity index is 614. The molecule has 1 N–H and O–H groups in total. The van der Waals surface area contributed by atoms with Crippen LogP contribution < -0.4 is 10.2 Å². The minimum atomic E-state index is -0.274. The van der Waals surface area contributed by atoms with Gasteiger partial charge in [0, 0.05) is 19.0 Å². The van der Waals surface area contributed by atoms with Gasteiger partial charge in [0.2, 0.25) is 5.91 Å². The first-order valence-corrected chi connectivity index (χ1v) is 7.49. The van der Waals surface area contributed by atoms with E-state index in [0.29, 0.717) is 0 Å². The molecule has 0 radical (unpaired) electrons. The zero-order valence-corrected chi connectivity index (χ0v) is 12.8. The van der Waals surface area contributed by atoms with Crippen molar-refractivity contribution in [3.05, 3.63) is 54.3 Å². The van der Waals surface area contributed by atoms with Gasteiger partial charge in [-0.3, -0.25) is 4.79 Å². The highest BCUT2D eigenvalue weighted by molar-refractivity contribution is 8.00. The van der Waals surface area contributed by atoms with E-state index in [-0.39, 0.29) is 17.5 Å². The third kappa shape index (κ3) is 4.49. The predicted octanol–water partition coefficient (Wildman–Crippen LogP) is 3.62. The van der Waals surface area contributed by atoms with Gasteiger partial charge in [0.05, 0.1) is 17.1 Å². The summed E-state index contributed by atoms with van der Waals surface area (Å²) in [6.07, 6.45) is 0. The maximum absolute atomic E-state index is 12.8. The van der Waals surface area contributed by atoms with Crippen LogP contribution in [0.15, 0.2) is 53.4 Å². The number of hydrogen-bond acceptors (Lipinski definition) is 3. The van der Waals surface area contributed by atoms with E-state index in [4.69, 9.17) is 0 Å². The predicted molar refractivity (Wildman–Crippen MR) is 86.5 cm³/mol. The summed E-state index contributed by atoms with van der Waals surface area (Å²) in [5.74, 6) is -0.0738. The van der Waals surface area contributed by atoms with E-state index in [1.165, 1.54) is 23.9 Å². The zero-order chi connectivity index (χ0) is 15.2. The minimum absolute atomic E-state index is 0.0846. The van der Waals surface area contributed by atoms with Gasteiger partial charge in [0.25, 0.3) is 0 Å². The molecule has 0 aliphatic heterocycles. The number of anilines is 2. The summed E-state index contributed by atoms with van der Waals surface area (Å²) < 4.78 is 12.8. The van der Waals surface area contributed by atoms with E-state index in [1.807, 2.05) is 43.3 Å². The summed E-state index contributed by atoms with van der Waals surface area (Å²) in [5.41, 5.74) is 1.74. The lowest BCUT2D eigenvalue weighted by molar-refractivity contribution is -0.113. The lowest BCUT2D eigenvalue weighted by Crippen LogP contribution is -2.17. The smallest absolute Gasteiger partial charge is 0.234 e. The average Bonchev–Trinajstić information content (AvgIpc) is 2.47. The second kappa shape index (κ2) is 7.13. The summed E-state index contributed by atoms with van der Waals surface area (Å²) >= 11 is 1.38. The van der Waals surface area contributed by atoms with Crippen molar-refractivity contribution in [2.75, 3.05) is 30.1 Å². The Labute approximate surface area is 128 Å². The molecular weight excluding hydrogens is 287 g/mol. The molecule has 110 valence electrons. The van der Waals surface area contributed by atoms with Gasteiger partial charge in [-0.25, -0.2) is 4.39 Å². The van der Waals surface area contributed by atoms with Gasteiger partial charge in [-0.15, -0.1) is 11.8 Å². The van der Waals surface area contributed by atoms with Crippen molar-refractivity contribution < 1.29 is 9.18 Å². The molecule has 0 aromatic heterocycles. The Morgan fingerprint density at radius 2 is 1.81 bits per heavy atom. The monoisotopic (exact) mass is 304 g/mol. The van der Waals surface area contributed by atoms with Crippen molar-refractivity contribution in [1.29, 1.82) is 0 Å². The van der Waals surface area contributed by atoms with Crippen LogP contribution >= 0.6 is 11.8 Å². The van der Waals surface area contributed by atoms with Crippen LogP contribution in [-0.2, 0) is 4.79 Å². The third-order valence-electron chi connectivity index (χ3n) is 2.84. The molecule has 2 aromatic carbocycles. The number of thioether (sulfide) groups is 1. The first kappa shape index (κ1) is 15.4. The Balaban J connectivity index is 1.94. The number of carbonyl (C=O) groups excluding carboxylic acids is 1. The fourth-order valence-corrected chi connectivity index (χ4v) is 2.53. The van der Waals surface area contributed by atoms with E-state index in [1.54, 1.807) is 12.1 Å². The summed E-state index contributed by atoms with van der Waals surface area (Å²) in [4.78, 5) is 14.8. The molecule has 5 heteroatoms. The molecular formula is C16H17FN2OS. The van der Waals surface area contributed by atoms with Crippen molar-refractivity contribution >= 4 is 29.0 Å². The molecule has 0 saturated heterocycles. The molecule has 0 saturated carbocycles. The number of para-hydroxylation sites is 2. The van der Waals surface area contributed by atoms with Crippen LogP contribution in [0.4, 0.5) is 15.8 Å². The van der Waals surface area contributed by atoms with E-state index >= 15 is 0 Å². The van der Waals surface area contributed by atoms with Crippen molar-refractivity contribution in [1.82, 2.24) is 0 Å². The molecule has 0 aliphatic carbocycles. The van der Waals surface area contributed by atoms with Gasteiger partial charge in [0.15, 0.2) is 0 Å². The molecule has 0 atom stereocenters. The number of nitrogens with one attached hydrogen (secondary N) is 1. The number of halogens is 1. The second-order valence-corrected chi connectivity index (χ2v) is 5.75. The summed E-state index contributed by atoms with van der Waals surface area (Å²) in [6, 6.07) is 13.7. The maximum Gasteiger partial charge on any atom is 0.234 e. The normalized spacial score (nSPS) is 10.2. The summed E-state index contributed by atoms with van der Waals surface area (Å²) in [5, 5.41) is 2.90. The van der Waals surface area contributed by atoms with E-state index in [0.717, 1.165) is 16.3 Å². The molecule has 1 amide bonds. The highest BCUT2D eigenvalue weighted by Gasteiger charge is 2.08. The molecule has 0 bridgehead atoms. The Morgan fingerprint density at radius 1 is 1.14 bits per heavy atom. The second-order valence-electron chi connectivity index (χ2n) is 4.70. The standard InChI is InChI=1S/C16H17FN2OS/c1-19(2)15-6-4-3-5-14(15)18-16(20)11-21-13-9-7-12(17)8-10-13/h3-10H,11H2,1-2H3,(H,18,20). The highest BCUT2D eigenvalue weighted by Crippen LogP contribution is 2.24. The summed E-state index contributed by atoms with van der Waals surface area (Å²) in [7, 11) is 3.86. The first-order chi connectivity index (χ1) is 10.1. The van der Waals surface area contributed by atoms with Gasteiger partial charge in [-0.2, -0.15) is 0 Å². The Kier molecular flexibility index (Phi) is 5.22. The maximum atomic E-state index is 12.8. The highest BCUT2D eigenvalue weighted by atomic mass is 32.2. The van der Waals surface area contributed by atoms with E-state index in [9.17, 15) is 9.18 Å². The Hall–Kier alpha value is -2.01. The quantitative estimate of drug-likeness (QED) is 0.856. The third-order valence-corrected chi connectivity index (χ3v) is 3.86. The fourth-order valence-electron chi connectivity index (χ4n) is 1.84. The molecule has 21 heavy (non-hydrogen) atoms. The number of carbonyl (C=O) groups is 1. The van der Waals surface area contributed by atoms with Crippen molar-refractivity contribution in [2.24, 2.45) is 0 Å². The van der Waals surface area contributed by atoms with Crippen LogP contribution in [0.2, 0.25) is 0 Å². The molecule has 2 aromatic rings. The molecule has 3 nitrogen and oxygen atoms in total. The van der Waals surface area contributed by atoms with Gasteiger partial charge in [-0.1, -0.05) is 12.1 Å². The first-order valence-electron chi connectivity index (χ1n) is 6.51. The minimum Gasteiger partial charge on any atom is -0.376 e. The van der Waals surface area contributed by atoms with Crippen molar-refractivity contribution in [3.8, 4) is 0 Å². The lowest BCUT2D eigenvalue weighted by Gasteiger charge is -2.17. The van der Waals surface area contributed by atoms with E-state index < -0.39 is 0 Å². The number of benzene rings is 2. The van der Waals surface area contributed by atoms with Crippen LogP contribution in [0.5, 0.6) is 0 Å². The van der Waals surface area contributed by atoms with Gasteiger partial charge < -0.3 is 10.2 Å². The molecule has 0 spiro atoms. The topological polar surface area (TPSA) is 32.3 Å². The molecule has 0 aliphatic rings. The van der Waals surface area contributed by atoms with E-state index in [2.05, 4.69) is 5.32 Å². The fraction of sp³-hybridized carbons (Fsp3) is 0.188. The molecule has 0 heterocycles. The SMILES string of the molecule is CN(C)c1ccccc1NC(=O)CSc1ccc(F)cc1. The molecule has 0 fully saturated rings.